The Kier molecular flexibility index (Phi) is 3.89. The molecule has 0 spiro atoms. The van der Waals surface area contributed by atoms with Gasteiger partial charge < -0.3 is 16.4 Å². The molecule has 0 radical (unpaired) electrons. The summed E-state index contributed by atoms with van der Waals surface area (Å²) in [5.41, 5.74) is 7.84. The predicted octanol–water partition coefficient (Wildman–Crippen LogP) is 2.05. The number of anilines is 1. The Morgan fingerprint density at radius 2 is 1.96 bits per heavy atom. The van der Waals surface area contributed by atoms with Crippen molar-refractivity contribution in [1.29, 1.82) is 0 Å². The topological polar surface area (TPSA) is 84.2 Å². The maximum Gasteiger partial charge on any atom is 0.254 e. The van der Waals surface area contributed by atoms with E-state index < -0.39 is 0 Å². The van der Waals surface area contributed by atoms with E-state index in [2.05, 4.69) is 10.6 Å². The van der Waals surface area contributed by atoms with Crippen LogP contribution in [0.15, 0.2) is 0 Å². The molecule has 0 aliphatic heterocycles. The van der Waals surface area contributed by atoms with Crippen LogP contribution in [0.3, 0.4) is 0 Å². The van der Waals surface area contributed by atoms with E-state index in [1.807, 2.05) is 0 Å². The number of amides is 2. The van der Waals surface area contributed by atoms with Gasteiger partial charge in [-0.3, -0.25) is 9.59 Å². The highest BCUT2D eigenvalue weighted by molar-refractivity contribution is 7.17. The Hall–Kier alpha value is -1.40. The predicted molar refractivity (Wildman–Crippen MR) is 90.7 cm³/mol. The molecule has 3 aliphatic carbocycles. The van der Waals surface area contributed by atoms with Gasteiger partial charge >= 0.3 is 0 Å². The van der Waals surface area contributed by atoms with Crippen LogP contribution in [0.5, 0.6) is 0 Å². The highest BCUT2D eigenvalue weighted by Crippen LogP contribution is 2.39. The van der Waals surface area contributed by atoms with Crippen molar-refractivity contribution in [2.24, 2.45) is 17.6 Å². The molecule has 1 atom stereocenters. The first kappa shape index (κ1) is 15.1. The minimum atomic E-state index is -0.0467. The molecule has 6 heteroatoms. The molecule has 0 aromatic carbocycles. The Morgan fingerprint density at radius 1 is 1.17 bits per heavy atom. The minimum Gasteiger partial charge on any atom is -0.352 e. The van der Waals surface area contributed by atoms with Crippen molar-refractivity contribution in [3.63, 3.8) is 0 Å². The van der Waals surface area contributed by atoms with Gasteiger partial charge in [-0.25, -0.2) is 0 Å². The molecule has 0 bridgehead atoms. The first-order valence-electron chi connectivity index (χ1n) is 8.61. The van der Waals surface area contributed by atoms with Gasteiger partial charge in [0.05, 0.1) is 5.56 Å². The Morgan fingerprint density at radius 3 is 2.65 bits per heavy atom. The first-order chi connectivity index (χ1) is 11.1. The zero-order chi connectivity index (χ0) is 16.0. The molecular weight excluding hydrogens is 310 g/mol. The lowest BCUT2D eigenvalue weighted by molar-refractivity contribution is -0.117. The minimum absolute atomic E-state index is 0.0467. The van der Waals surface area contributed by atoms with Crippen LogP contribution in [-0.2, 0) is 17.6 Å². The van der Waals surface area contributed by atoms with E-state index in [0.717, 1.165) is 49.2 Å². The number of carbonyl (C=O) groups is 2. The van der Waals surface area contributed by atoms with Gasteiger partial charge in [0.15, 0.2) is 0 Å². The molecule has 4 rings (SSSR count). The summed E-state index contributed by atoms with van der Waals surface area (Å²) >= 11 is 1.57. The lowest BCUT2D eigenvalue weighted by Gasteiger charge is -2.19. The van der Waals surface area contributed by atoms with Crippen molar-refractivity contribution in [2.75, 3.05) is 11.9 Å². The lowest BCUT2D eigenvalue weighted by atomic mass is 9.91. The average Bonchev–Trinajstić information content (AvgIpc) is 3.42. The van der Waals surface area contributed by atoms with Crippen molar-refractivity contribution in [2.45, 2.75) is 51.0 Å². The fraction of sp³-hybridized carbons (Fsp3) is 0.647. The van der Waals surface area contributed by atoms with Crippen LogP contribution in [0, 0.1) is 11.8 Å². The third kappa shape index (κ3) is 3.28. The number of nitrogens with two attached hydrogens (primary N) is 1. The maximum absolute atomic E-state index is 12.7. The van der Waals surface area contributed by atoms with Gasteiger partial charge in [-0.05, 0) is 56.4 Å². The monoisotopic (exact) mass is 333 g/mol. The SMILES string of the molecule is N[C@H]1CCc2sc(NC(=O)C3CC3)c(C(=O)NCC3CC3)c2C1. The summed E-state index contributed by atoms with van der Waals surface area (Å²) in [6, 6.07) is 0.110. The molecule has 2 saturated carbocycles. The summed E-state index contributed by atoms with van der Waals surface area (Å²) in [4.78, 5) is 26.1. The third-order valence-electron chi connectivity index (χ3n) is 4.96. The lowest BCUT2D eigenvalue weighted by Crippen LogP contribution is -2.31. The largest absolute Gasteiger partial charge is 0.352 e. The molecule has 5 nitrogen and oxygen atoms in total. The van der Waals surface area contributed by atoms with Crippen molar-refractivity contribution >= 4 is 28.2 Å². The molecule has 1 aromatic heterocycles. The maximum atomic E-state index is 12.7. The van der Waals surface area contributed by atoms with Crippen LogP contribution in [0.4, 0.5) is 5.00 Å². The number of fused-ring (bicyclic) bond motifs is 1. The van der Waals surface area contributed by atoms with Crippen molar-refractivity contribution in [3.8, 4) is 0 Å². The molecular formula is C17H23N3O2S. The smallest absolute Gasteiger partial charge is 0.254 e. The van der Waals surface area contributed by atoms with E-state index >= 15 is 0 Å². The van der Waals surface area contributed by atoms with E-state index in [-0.39, 0.29) is 23.8 Å². The van der Waals surface area contributed by atoms with Crippen molar-refractivity contribution in [3.05, 3.63) is 16.0 Å². The molecule has 3 aliphatic rings. The van der Waals surface area contributed by atoms with Gasteiger partial charge in [0.25, 0.3) is 5.91 Å². The van der Waals surface area contributed by atoms with Gasteiger partial charge in [-0.1, -0.05) is 0 Å². The summed E-state index contributed by atoms with van der Waals surface area (Å²) in [6.07, 6.45) is 6.93. The van der Waals surface area contributed by atoms with E-state index in [1.165, 1.54) is 17.7 Å². The van der Waals surface area contributed by atoms with Crippen LogP contribution >= 0.6 is 11.3 Å². The normalized spacial score (nSPS) is 23.3. The molecule has 1 aromatic rings. The number of aryl methyl sites for hydroxylation is 1. The number of hydrogen-bond donors (Lipinski definition) is 3. The number of carbonyl (C=O) groups excluding carboxylic acids is 2. The first-order valence-corrected chi connectivity index (χ1v) is 9.42. The number of rotatable bonds is 5. The van der Waals surface area contributed by atoms with Gasteiger partial charge in [0.2, 0.25) is 5.91 Å². The van der Waals surface area contributed by atoms with Gasteiger partial charge in [0.1, 0.15) is 5.00 Å². The molecule has 23 heavy (non-hydrogen) atoms. The average molecular weight is 333 g/mol. The van der Waals surface area contributed by atoms with Crippen LogP contribution in [0.1, 0.15) is 52.9 Å². The van der Waals surface area contributed by atoms with Crippen LogP contribution in [0.2, 0.25) is 0 Å². The quantitative estimate of drug-likeness (QED) is 0.771. The van der Waals surface area contributed by atoms with Gasteiger partial charge in [-0.15, -0.1) is 11.3 Å². The third-order valence-corrected chi connectivity index (χ3v) is 6.17. The number of hydrogen-bond acceptors (Lipinski definition) is 4. The van der Waals surface area contributed by atoms with Crippen LogP contribution in [0.25, 0.3) is 0 Å². The molecule has 2 fully saturated rings. The van der Waals surface area contributed by atoms with Gasteiger partial charge in [0, 0.05) is 23.4 Å². The zero-order valence-corrected chi connectivity index (χ0v) is 14.0. The Balaban J connectivity index is 1.60. The van der Waals surface area contributed by atoms with Crippen LogP contribution in [-0.4, -0.2) is 24.4 Å². The second-order valence-corrected chi connectivity index (χ2v) is 8.23. The summed E-state index contributed by atoms with van der Waals surface area (Å²) in [5, 5.41) is 6.78. The van der Waals surface area contributed by atoms with E-state index in [9.17, 15) is 9.59 Å². The van der Waals surface area contributed by atoms with Crippen molar-refractivity contribution < 1.29 is 9.59 Å². The number of thiophene rings is 1. The Labute approximate surface area is 140 Å². The summed E-state index contributed by atoms with van der Waals surface area (Å²) < 4.78 is 0. The second kappa shape index (κ2) is 5.91. The van der Waals surface area contributed by atoms with E-state index in [4.69, 9.17) is 5.73 Å². The molecule has 0 unspecified atom stereocenters. The summed E-state index contributed by atoms with van der Waals surface area (Å²) in [7, 11) is 0. The molecule has 2 amide bonds. The second-order valence-electron chi connectivity index (χ2n) is 7.13. The van der Waals surface area contributed by atoms with Crippen LogP contribution < -0.4 is 16.4 Å². The number of nitrogens with one attached hydrogen (secondary N) is 2. The fourth-order valence-corrected chi connectivity index (χ4v) is 4.39. The molecule has 124 valence electrons. The fourth-order valence-electron chi connectivity index (χ4n) is 3.15. The molecule has 1 heterocycles. The highest BCUT2D eigenvalue weighted by atomic mass is 32.1. The molecule has 4 N–H and O–H groups in total. The Bertz CT molecular complexity index is 647. The van der Waals surface area contributed by atoms with Crippen molar-refractivity contribution in [1.82, 2.24) is 5.32 Å². The van der Waals surface area contributed by atoms with E-state index in [0.29, 0.717) is 11.5 Å². The standard InChI is InChI=1S/C17H23N3O2S/c18-11-5-6-13-12(7-11)14(16(22)19-8-9-1-2-9)17(23-13)20-15(21)10-3-4-10/h9-11H,1-8,18H2,(H,19,22)(H,20,21)/t11-/m0/s1. The zero-order valence-electron chi connectivity index (χ0n) is 13.2. The summed E-state index contributed by atoms with van der Waals surface area (Å²) in [6.45, 7) is 0.742. The van der Waals surface area contributed by atoms with E-state index in [1.54, 1.807) is 11.3 Å². The highest BCUT2D eigenvalue weighted by Gasteiger charge is 2.33. The molecule has 0 saturated heterocycles. The van der Waals surface area contributed by atoms with Gasteiger partial charge in [-0.2, -0.15) is 0 Å². The summed E-state index contributed by atoms with van der Waals surface area (Å²) in [5.74, 6) is 0.790.